The molecule has 23 nitrogen and oxygen atoms in total. The van der Waals surface area contributed by atoms with E-state index >= 15 is 0 Å². The second-order valence-electron chi connectivity index (χ2n) is 18.2. The van der Waals surface area contributed by atoms with E-state index in [2.05, 4.69) is 20.9 Å². The van der Waals surface area contributed by atoms with Crippen LogP contribution in [0.5, 0.6) is 5.75 Å². The van der Waals surface area contributed by atoms with E-state index in [1.54, 1.807) is 36.4 Å². The summed E-state index contributed by atoms with van der Waals surface area (Å²) in [6.07, 6.45) is -2.86. The number of nitrogens with zero attached hydrogens (tertiary/aromatic N) is 6. The Morgan fingerprint density at radius 1 is 0.530 bits per heavy atom. The van der Waals surface area contributed by atoms with Crippen LogP contribution in [0.3, 0.4) is 0 Å². The van der Waals surface area contributed by atoms with Crippen molar-refractivity contribution in [3.05, 3.63) is 191 Å². The van der Waals surface area contributed by atoms with Crippen LogP contribution < -0.4 is 36.6 Å². The Labute approximate surface area is 477 Å². The van der Waals surface area contributed by atoms with E-state index in [1.165, 1.54) is 18.2 Å². The van der Waals surface area contributed by atoms with E-state index in [0.717, 1.165) is 38.6 Å². The Kier molecular flexibility index (Phi) is 22.1. The first-order valence-corrected chi connectivity index (χ1v) is 26.1. The van der Waals surface area contributed by atoms with Crippen molar-refractivity contribution in [1.29, 1.82) is 0 Å². The van der Waals surface area contributed by atoms with Gasteiger partial charge in [-0.15, -0.1) is 5.11 Å². The van der Waals surface area contributed by atoms with Crippen LogP contribution in [0, 0.1) is 24.0 Å². The number of esters is 1. The first-order chi connectivity index (χ1) is 40.2. The third kappa shape index (κ3) is 19.0. The number of anilines is 4. The number of hydrogen-bond donors (Lipinski definition) is 4. The van der Waals surface area contributed by atoms with Crippen molar-refractivity contribution in [2.75, 3.05) is 86.3 Å². The maximum atomic E-state index is 12.9. The fourth-order valence-corrected chi connectivity index (χ4v) is 8.28. The molecule has 0 bridgehead atoms. The zero-order valence-corrected chi connectivity index (χ0v) is 45.6. The first-order valence-electron chi connectivity index (χ1n) is 26.1. The Morgan fingerprint density at radius 2 is 1.00 bits per heavy atom. The van der Waals surface area contributed by atoms with E-state index < -0.39 is 35.3 Å². The van der Waals surface area contributed by atoms with Crippen LogP contribution in [0.15, 0.2) is 180 Å². The highest BCUT2D eigenvalue weighted by molar-refractivity contribution is 6.08. The van der Waals surface area contributed by atoms with E-state index in [0.29, 0.717) is 35.8 Å². The number of aryl methyl sites for hydroxylation is 2. The van der Waals surface area contributed by atoms with Crippen molar-refractivity contribution in [3.63, 3.8) is 0 Å². The molecule has 0 saturated heterocycles. The summed E-state index contributed by atoms with van der Waals surface area (Å²) in [4.78, 5) is 73.8. The van der Waals surface area contributed by atoms with Gasteiger partial charge in [0.25, 0.3) is 5.69 Å². The molecule has 8 rings (SSSR count). The zero-order chi connectivity index (χ0) is 58.9. The number of rotatable bonds is 25. The highest BCUT2D eigenvalue weighted by Crippen LogP contribution is 2.34. The van der Waals surface area contributed by atoms with Crippen molar-refractivity contribution in [1.82, 2.24) is 4.57 Å². The van der Waals surface area contributed by atoms with Crippen molar-refractivity contribution < 1.29 is 57.3 Å². The Hall–Kier alpha value is -10.7. The Balaban J connectivity index is 0.000000318. The van der Waals surface area contributed by atoms with Crippen LogP contribution in [0.2, 0.25) is 0 Å². The van der Waals surface area contributed by atoms with Gasteiger partial charge in [0, 0.05) is 50.6 Å². The SMILES string of the molecule is Cc1ccc(NC(=O)OCCN(CCOC(N)=O)c2ccc(N=Nc3ccc([N+](=O)[O-])cc3OCCOC(=O)Cn3c4ccccc4c4ccccc43)cc2)cc1.Cc1ccc(NC(=O)OCCN(CCOC(N)=O)c2ccccc2)cc1. The number of non-ortho nitro benzene ring substituents is 1. The Morgan fingerprint density at radius 3 is 1.49 bits per heavy atom. The lowest BCUT2D eigenvalue weighted by Crippen LogP contribution is -2.33. The van der Waals surface area contributed by atoms with Crippen molar-refractivity contribution >= 4 is 92.0 Å². The molecule has 4 amide bonds. The number of primary amides is 2. The summed E-state index contributed by atoms with van der Waals surface area (Å²) in [5.74, 6) is -0.391. The largest absolute Gasteiger partial charge is 0.487 e. The topological polar surface area (TPSA) is 296 Å². The lowest BCUT2D eigenvalue weighted by molar-refractivity contribution is -0.384. The number of carbonyl (C=O) groups is 5. The minimum Gasteiger partial charge on any atom is -0.487 e. The molecule has 6 N–H and O–H groups in total. The third-order valence-corrected chi connectivity index (χ3v) is 12.3. The van der Waals surface area contributed by atoms with Gasteiger partial charge < -0.3 is 54.3 Å². The molecule has 0 radical (unpaired) electrons. The number of hydrogen-bond acceptors (Lipinski definition) is 17. The van der Waals surface area contributed by atoms with Crippen LogP contribution in [0.4, 0.5) is 59.0 Å². The van der Waals surface area contributed by atoms with Crippen LogP contribution in [0.1, 0.15) is 11.1 Å². The number of para-hydroxylation sites is 3. The molecule has 0 spiro atoms. The van der Waals surface area contributed by atoms with E-state index in [-0.39, 0.29) is 76.4 Å². The summed E-state index contributed by atoms with van der Waals surface area (Å²) in [5.41, 5.74) is 17.5. The van der Waals surface area contributed by atoms with Gasteiger partial charge in [-0.05, 0) is 92.7 Å². The standard InChI is InChI=1S/C41H39N7O9.C19H23N3O4/c1-28-10-12-29(13-11-28)43-41(51)57-23-21-46(20-22-56-40(42)50)31-16-14-30(15-17-31)44-45-35-19-18-32(48(52)53)26-38(35)54-24-25-55-39(49)27-47-36-8-4-2-6-33(36)34-7-3-5-9-37(34)47;1-15-7-9-16(10-8-15)21-19(24)26-14-12-22(11-13-25-18(20)23)17-5-3-2-4-6-17/h2-19,26H,20-25,27H2,1H3,(H2,42,50)(H,43,51);2-10H,11-14H2,1H3,(H2,20,23)(H,21,24). The molecule has 430 valence electrons. The fourth-order valence-electron chi connectivity index (χ4n) is 8.28. The van der Waals surface area contributed by atoms with Crippen LogP contribution in [-0.2, 0) is 35.0 Å². The van der Waals surface area contributed by atoms with Gasteiger partial charge in [0.05, 0.1) is 42.9 Å². The number of fused-ring (bicyclic) bond motifs is 3. The molecule has 0 saturated carbocycles. The second kappa shape index (κ2) is 30.6. The average Bonchev–Trinajstić information content (AvgIpc) is 2.98. The molecule has 0 atom stereocenters. The maximum absolute atomic E-state index is 12.9. The number of nitro groups is 1. The number of aromatic nitrogens is 1. The summed E-state index contributed by atoms with van der Waals surface area (Å²) in [6, 6.07) is 50.8. The molecule has 23 heteroatoms. The van der Waals surface area contributed by atoms with Gasteiger partial charge in [-0.1, -0.05) is 90.0 Å². The molecule has 0 aliphatic carbocycles. The molecular formula is C60H62N10O13. The number of ether oxygens (including phenoxy) is 6. The molecule has 7 aromatic carbocycles. The minimum absolute atomic E-state index is 0.00399. The molecule has 1 aromatic heterocycles. The van der Waals surface area contributed by atoms with Crippen molar-refractivity contribution in [3.8, 4) is 5.75 Å². The predicted molar refractivity (Wildman–Crippen MR) is 314 cm³/mol. The maximum Gasteiger partial charge on any atom is 0.411 e. The molecule has 0 aliphatic heterocycles. The van der Waals surface area contributed by atoms with E-state index in [1.807, 2.05) is 143 Å². The number of carbonyl (C=O) groups excluding carboxylic acids is 5. The van der Waals surface area contributed by atoms with Gasteiger partial charge in [-0.25, -0.2) is 19.2 Å². The van der Waals surface area contributed by atoms with Gasteiger partial charge in [0.1, 0.15) is 51.9 Å². The molecule has 83 heavy (non-hydrogen) atoms. The summed E-state index contributed by atoms with van der Waals surface area (Å²) in [6.45, 7) is 5.48. The van der Waals surface area contributed by atoms with Crippen LogP contribution in [0.25, 0.3) is 21.8 Å². The fraction of sp³-hybridized carbons (Fsp3) is 0.217. The molecule has 8 aromatic rings. The van der Waals surface area contributed by atoms with Crippen molar-refractivity contribution in [2.45, 2.75) is 20.4 Å². The molecule has 0 unspecified atom stereocenters. The lowest BCUT2D eigenvalue weighted by atomic mass is 10.2. The normalized spacial score (nSPS) is 10.7. The molecule has 1 heterocycles. The highest BCUT2D eigenvalue weighted by Gasteiger charge is 2.17. The number of nitrogens with two attached hydrogens (primary N) is 2. The number of nitro benzene ring substituents is 1. The van der Waals surface area contributed by atoms with Gasteiger partial charge in [-0.3, -0.25) is 25.5 Å². The summed E-state index contributed by atoms with van der Waals surface area (Å²) < 4.78 is 33.5. The average molecular weight is 1130 g/mol. The molecule has 0 aliphatic rings. The van der Waals surface area contributed by atoms with Crippen molar-refractivity contribution in [2.24, 2.45) is 21.7 Å². The van der Waals surface area contributed by atoms with E-state index in [9.17, 15) is 34.1 Å². The lowest BCUT2D eigenvalue weighted by Gasteiger charge is -2.24. The number of azo groups is 1. The van der Waals surface area contributed by atoms with Gasteiger partial charge in [-0.2, -0.15) is 5.11 Å². The number of benzene rings is 7. The third-order valence-electron chi connectivity index (χ3n) is 12.3. The highest BCUT2D eigenvalue weighted by atomic mass is 16.6. The summed E-state index contributed by atoms with van der Waals surface area (Å²) in [5, 5.41) is 27.5. The summed E-state index contributed by atoms with van der Waals surface area (Å²) in [7, 11) is 0. The Bertz CT molecular complexity index is 3440. The first kappa shape index (κ1) is 59.9. The van der Waals surface area contributed by atoms with Crippen LogP contribution in [-0.4, -0.2) is 106 Å². The number of amides is 4. The summed E-state index contributed by atoms with van der Waals surface area (Å²) >= 11 is 0. The van der Waals surface area contributed by atoms with Gasteiger partial charge in [0.15, 0.2) is 5.75 Å². The minimum atomic E-state index is -0.912. The smallest absolute Gasteiger partial charge is 0.411 e. The molecule has 0 fully saturated rings. The quantitative estimate of drug-likeness (QED) is 0.0103. The van der Waals surface area contributed by atoms with Gasteiger partial charge >= 0.3 is 30.3 Å². The molecular weight excluding hydrogens is 1070 g/mol. The number of nitrogens with one attached hydrogen (secondary N) is 2. The monoisotopic (exact) mass is 1130 g/mol. The van der Waals surface area contributed by atoms with Gasteiger partial charge in [0.2, 0.25) is 0 Å². The second-order valence-corrected chi connectivity index (χ2v) is 18.2. The predicted octanol–water partition coefficient (Wildman–Crippen LogP) is 11.3. The van der Waals surface area contributed by atoms with E-state index in [4.69, 9.17) is 39.9 Å². The van der Waals surface area contributed by atoms with Crippen LogP contribution >= 0.6 is 0 Å². The zero-order valence-electron chi connectivity index (χ0n) is 45.6.